The summed E-state index contributed by atoms with van der Waals surface area (Å²) in [5, 5.41) is 17.9. The Hall–Kier alpha value is -3.32. The van der Waals surface area contributed by atoms with Gasteiger partial charge in [-0.25, -0.2) is 0 Å². The molecule has 1 aromatic heterocycles. The van der Waals surface area contributed by atoms with E-state index in [1.54, 1.807) is 12.1 Å². The van der Waals surface area contributed by atoms with Crippen molar-refractivity contribution in [1.29, 1.82) is 0 Å². The Morgan fingerprint density at radius 1 is 1.25 bits per heavy atom. The highest BCUT2D eigenvalue weighted by atomic mass is 16.5. The molecule has 2 aromatic carbocycles. The molecule has 2 aliphatic rings. The van der Waals surface area contributed by atoms with Crippen molar-refractivity contribution < 1.29 is 19.4 Å². The first-order valence-corrected chi connectivity index (χ1v) is 11.2. The van der Waals surface area contributed by atoms with Crippen LogP contribution in [0.25, 0.3) is 11.3 Å². The van der Waals surface area contributed by atoms with Crippen molar-refractivity contribution in [2.45, 2.75) is 38.3 Å². The monoisotopic (exact) mass is 433 g/mol. The number of benzene rings is 2. The molecule has 2 aliphatic heterocycles. The summed E-state index contributed by atoms with van der Waals surface area (Å²) in [4.78, 5) is 15.3. The van der Waals surface area contributed by atoms with Gasteiger partial charge in [0.1, 0.15) is 22.9 Å². The normalized spacial score (nSPS) is 20.0. The highest BCUT2D eigenvalue weighted by Crippen LogP contribution is 2.45. The Balaban J connectivity index is 1.61. The van der Waals surface area contributed by atoms with Crippen LogP contribution in [0.3, 0.4) is 0 Å². The number of para-hydroxylation sites is 1. The predicted molar refractivity (Wildman–Crippen MR) is 120 cm³/mol. The molecule has 2 N–H and O–H groups in total. The first-order valence-electron chi connectivity index (χ1n) is 11.2. The van der Waals surface area contributed by atoms with Crippen molar-refractivity contribution in [3.05, 3.63) is 65.4 Å². The van der Waals surface area contributed by atoms with Gasteiger partial charge in [-0.05, 0) is 49.1 Å². The number of H-pyrrole nitrogens is 1. The number of hydrogen-bond acceptors (Lipinski definition) is 5. The van der Waals surface area contributed by atoms with Gasteiger partial charge < -0.3 is 19.5 Å². The average Bonchev–Trinajstić information content (AvgIpc) is 3.53. The number of carbonyl (C=O) groups is 1. The van der Waals surface area contributed by atoms with E-state index in [4.69, 9.17) is 9.47 Å². The molecule has 0 spiro atoms. The third-order valence-electron chi connectivity index (χ3n) is 6.09. The molecule has 3 heterocycles. The number of aromatic nitrogens is 2. The van der Waals surface area contributed by atoms with Crippen LogP contribution in [0.4, 0.5) is 0 Å². The summed E-state index contributed by atoms with van der Waals surface area (Å²) in [5.74, 6) is 0.801. The maximum absolute atomic E-state index is 13.5. The van der Waals surface area contributed by atoms with E-state index in [-0.39, 0.29) is 23.8 Å². The quantitative estimate of drug-likeness (QED) is 0.580. The minimum atomic E-state index is -0.347. The minimum absolute atomic E-state index is 0.0199. The van der Waals surface area contributed by atoms with Crippen LogP contribution in [-0.2, 0) is 4.74 Å². The van der Waals surface area contributed by atoms with Gasteiger partial charge in [0.15, 0.2) is 0 Å². The minimum Gasteiger partial charge on any atom is -0.507 e. The fourth-order valence-electron chi connectivity index (χ4n) is 4.61. The van der Waals surface area contributed by atoms with Crippen molar-refractivity contribution >= 4 is 5.91 Å². The summed E-state index contributed by atoms with van der Waals surface area (Å²) >= 11 is 0. The molecule has 0 unspecified atom stereocenters. The summed E-state index contributed by atoms with van der Waals surface area (Å²) in [5.41, 5.74) is 3.38. The number of phenols is 1. The standard InChI is InChI=1S/C25H27N3O4/c1-2-12-31-17-8-5-7-16(14-17)24-21-22(19-10-3-4-11-20(19)29)26-27-23(21)25(30)28(24)15-18-9-6-13-32-18/h3-5,7-8,10-11,14,18,24,29H,2,6,9,12-13,15H2,1H3,(H,26,27)/t18-,24+/m1/s1. The van der Waals surface area contributed by atoms with Gasteiger partial charge >= 0.3 is 0 Å². The molecule has 0 saturated carbocycles. The molecular formula is C25H27N3O4. The zero-order valence-electron chi connectivity index (χ0n) is 18.1. The Morgan fingerprint density at radius 3 is 2.91 bits per heavy atom. The fraction of sp³-hybridized carbons (Fsp3) is 0.360. The molecule has 1 amide bonds. The van der Waals surface area contributed by atoms with Crippen LogP contribution < -0.4 is 4.74 Å². The second-order valence-electron chi connectivity index (χ2n) is 8.29. The third kappa shape index (κ3) is 3.62. The van der Waals surface area contributed by atoms with Gasteiger partial charge in [0, 0.05) is 24.3 Å². The van der Waals surface area contributed by atoms with Crippen LogP contribution in [-0.4, -0.2) is 52.0 Å². The lowest BCUT2D eigenvalue weighted by Crippen LogP contribution is -2.36. The number of aromatic amines is 1. The van der Waals surface area contributed by atoms with Crippen molar-refractivity contribution in [3.63, 3.8) is 0 Å². The van der Waals surface area contributed by atoms with Crippen LogP contribution in [0.5, 0.6) is 11.5 Å². The van der Waals surface area contributed by atoms with Crippen molar-refractivity contribution in [1.82, 2.24) is 15.1 Å². The Labute approximate surface area is 187 Å². The predicted octanol–water partition coefficient (Wildman–Crippen LogP) is 4.30. The number of nitrogens with zero attached hydrogens (tertiary/aromatic N) is 2. The molecule has 166 valence electrons. The number of ether oxygens (including phenoxy) is 2. The van der Waals surface area contributed by atoms with Gasteiger partial charge in [-0.2, -0.15) is 5.10 Å². The molecule has 1 fully saturated rings. The first-order chi connectivity index (χ1) is 15.7. The van der Waals surface area contributed by atoms with E-state index in [2.05, 4.69) is 17.1 Å². The number of nitrogens with one attached hydrogen (secondary N) is 1. The summed E-state index contributed by atoms with van der Waals surface area (Å²) in [6, 6.07) is 14.6. The average molecular weight is 434 g/mol. The van der Waals surface area contributed by atoms with Crippen LogP contribution in [0.15, 0.2) is 48.5 Å². The summed E-state index contributed by atoms with van der Waals surface area (Å²) < 4.78 is 11.7. The number of hydrogen-bond donors (Lipinski definition) is 2. The molecule has 7 nitrogen and oxygen atoms in total. The van der Waals surface area contributed by atoms with Crippen LogP contribution >= 0.6 is 0 Å². The topological polar surface area (TPSA) is 87.7 Å². The Kier molecular flexibility index (Phi) is 5.57. The van der Waals surface area contributed by atoms with Crippen molar-refractivity contribution in [2.24, 2.45) is 0 Å². The van der Waals surface area contributed by atoms with E-state index in [9.17, 15) is 9.90 Å². The van der Waals surface area contributed by atoms with Crippen LogP contribution in [0.1, 0.15) is 53.8 Å². The second kappa shape index (κ2) is 8.67. The van der Waals surface area contributed by atoms with E-state index in [1.807, 2.05) is 41.3 Å². The largest absolute Gasteiger partial charge is 0.507 e. The number of phenolic OH excluding ortho intramolecular Hbond substituents is 1. The lowest BCUT2D eigenvalue weighted by atomic mass is 9.95. The Bertz CT molecular complexity index is 1120. The van der Waals surface area contributed by atoms with E-state index in [1.165, 1.54) is 0 Å². The third-order valence-corrected chi connectivity index (χ3v) is 6.09. The fourth-order valence-corrected chi connectivity index (χ4v) is 4.61. The Morgan fingerprint density at radius 2 is 2.12 bits per heavy atom. The van der Waals surface area contributed by atoms with E-state index >= 15 is 0 Å². The number of aromatic hydroxyl groups is 1. The molecule has 2 atom stereocenters. The summed E-state index contributed by atoms with van der Waals surface area (Å²) in [6.07, 6.45) is 2.88. The van der Waals surface area contributed by atoms with Crippen LogP contribution in [0, 0.1) is 0 Å². The summed E-state index contributed by atoms with van der Waals surface area (Å²) in [6.45, 7) is 3.94. The van der Waals surface area contributed by atoms with Crippen molar-refractivity contribution in [3.8, 4) is 22.8 Å². The lowest BCUT2D eigenvalue weighted by molar-refractivity contribution is 0.0495. The number of fused-ring (bicyclic) bond motifs is 1. The second-order valence-corrected chi connectivity index (χ2v) is 8.29. The maximum atomic E-state index is 13.5. The molecule has 0 bridgehead atoms. The maximum Gasteiger partial charge on any atom is 0.273 e. The number of amides is 1. The number of carbonyl (C=O) groups excluding carboxylic acids is 1. The van der Waals surface area contributed by atoms with E-state index < -0.39 is 0 Å². The van der Waals surface area contributed by atoms with Gasteiger partial charge in [0.2, 0.25) is 0 Å². The zero-order valence-corrected chi connectivity index (χ0v) is 18.1. The molecule has 32 heavy (non-hydrogen) atoms. The van der Waals surface area contributed by atoms with E-state index in [0.717, 1.165) is 42.7 Å². The van der Waals surface area contributed by atoms with Crippen LogP contribution in [0.2, 0.25) is 0 Å². The highest BCUT2D eigenvalue weighted by Gasteiger charge is 2.43. The molecule has 0 radical (unpaired) electrons. The SMILES string of the molecule is CCCOc1cccc([C@H]2c3c(-c4ccccc4O)n[nH]c3C(=O)N2C[C@H]2CCCO2)c1. The van der Waals surface area contributed by atoms with Gasteiger partial charge in [-0.1, -0.05) is 31.2 Å². The molecule has 3 aromatic rings. The van der Waals surface area contributed by atoms with Gasteiger partial charge in [0.25, 0.3) is 5.91 Å². The van der Waals surface area contributed by atoms with Gasteiger partial charge in [0.05, 0.1) is 18.8 Å². The molecule has 0 aliphatic carbocycles. The van der Waals surface area contributed by atoms with Crippen molar-refractivity contribution in [2.75, 3.05) is 19.8 Å². The molecule has 1 saturated heterocycles. The van der Waals surface area contributed by atoms with Gasteiger partial charge in [-0.15, -0.1) is 0 Å². The molecular weight excluding hydrogens is 406 g/mol. The van der Waals surface area contributed by atoms with Gasteiger partial charge in [-0.3, -0.25) is 9.89 Å². The smallest absolute Gasteiger partial charge is 0.273 e. The summed E-state index contributed by atoms with van der Waals surface area (Å²) in [7, 11) is 0. The van der Waals surface area contributed by atoms with E-state index in [0.29, 0.717) is 30.1 Å². The molecule has 5 rings (SSSR count). The lowest BCUT2D eigenvalue weighted by Gasteiger charge is -2.28. The molecule has 7 heteroatoms. The number of rotatable bonds is 7. The highest BCUT2D eigenvalue weighted by molar-refractivity contribution is 6.00. The first kappa shape index (κ1) is 20.6. The zero-order chi connectivity index (χ0) is 22.1.